The number of rotatable bonds is 6. The van der Waals surface area contributed by atoms with Gasteiger partial charge in [0.2, 0.25) is 5.91 Å². The summed E-state index contributed by atoms with van der Waals surface area (Å²) in [5.41, 5.74) is 3.27. The number of nitrogens with zero attached hydrogens (tertiary/aromatic N) is 4. The lowest BCUT2D eigenvalue weighted by molar-refractivity contribution is -0.384. The zero-order chi connectivity index (χ0) is 20.3. The number of hydrogen-bond donors (Lipinski definition) is 1. The van der Waals surface area contributed by atoms with Crippen LogP contribution in [-0.4, -0.2) is 31.3 Å². The SMILES string of the molecule is Cc1cccc(-c2nnc(SCC(=O)Nc3ccc([N+](=O)[O-])cc3C)n2C)c1. The van der Waals surface area contributed by atoms with Gasteiger partial charge in [-0.25, -0.2) is 0 Å². The fraction of sp³-hybridized carbons (Fsp3) is 0.211. The van der Waals surface area contributed by atoms with Gasteiger partial charge < -0.3 is 9.88 Å². The van der Waals surface area contributed by atoms with Gasteiger partial charge in [-0.3, -0.25) is 14.9 Å². The molecular weight excluding hydrogens is 378 g/mol. The van der Waals surface area contributed by atoms with Crippen molar-refractivity contribution in [2.75, 3.05) is 11.1 Å². The molecule has 0 aliphatic carbocycles. The largest absolute Gasteiger partial charge is 0.325 e. The van der Waals surface area contributed by atoms with Gasteiger partial charge in [0, 0.05) is 30.4 Å². The Bertz CT molecular complexity index is 1050. The van der Waals surface area contributed by atoms with E-state index in [1.54, 1.807) is 6.92 Å². The standard InChI is InChI=1S/C19H19N5O3S/c1-12-5-4-6-14(9-12)18-21-22-19(23(18)3)28-11-17(25)20-16-8-7-15(24(26)27)10-13(16)2/h4-10H,11H2,1-3H3,(H,20,25). The van der Waals surface area contributed by atoms with Gasteiger partial charge >= 0.3 is 0 Å². The first kappa shape index (κ1) is 19.6. The molecule has 1 heterocycles. The zero-order valence-electron chi connectivity index (χ0n) is 15.7. The molecular formula is C19H19N5O3S. The van der Waals surface area contributed by atoms with Crippen molar-refractivity contribution >= 4 is 29.0 Å². The van der Waals surface area contributed by atoms with Gasteiger partial charge in [-0.1, -0.05) is 35.5 Å². The van der Waals surface area contributed by atoms with E-state index < -0.39 is 4.92 Å². The van der Waals surface area contributed by atoms with Gasteiger partial charge in [0.15, 0.2) is 11.0 Å². The summed E-state index contributed by atoms with van der Waals surface area (Å²) in [7, 11) is 1.86. The minimum atomic E-state index is -0.464. The summed E-state index contributed by atoms with van der Waals surface area (Å²) in [6.07, 6.45) is 0. The Balaban J connectivity index is 1.65. The number of nitro benzene ring substituents is 1. The van der Waals surface area contributed by atoms with E-state index in [1.807, 2.05) is 42.8 Å². The van der Waals surface area contributed by atoms with Gasteiger partial charge in [-0.05, 0) is 31.5 Å². The number of aryl methyl sites for hydroxylation is 2. The number of hydrogen-bond acceptors (Lipinski definition) is 6. The van der Waals surface area contributed by atoms with Gasteiger partial charge in [0.1, 0.15) is 0 Å². The quantitative estimate of drug-likeness (QED) is 0.386. The molecule has 0 bridgehead atoms. The number of nitrogens with one attached hydrogen (secondary N) is 1. The van der Waals surface area contributed by atoms with Crippen LogP contribution in [0.15, 0.2) is 47.6 Å². The molecule has 3 aromatic rings. The van der Waals surface area contributed by atoms with Crippen LogP contribution < -0.4 is 5.32 Å². The third-order valence-corrected chi connectivity index (χ3v) is 5.16. The van der Waals surface area contributed by atoms with Crippen molar-refractivity contribution in [3.05, 3.63) is 63.7 Å². The van der Waals surface area contributed by atoms with Crippen LogP contribution in [-0.2, 0) is 11.8 Å². The smallest absolute Gasteiger partial charge is 0.269 e. The first-order valence-electron chi connectivity index (χ1n) is 8.49. The van der Waals surface area contributed by atoms with Crippen LogP contribution in [0.25, 0.3) is 11.4 Å². The molecule has 0 saturated heterocycles. The van der Waals surface area contributed by atoms with Crippen molar-refractivity contribution < 1.29 is 9.72 Å². The number of benzene rings is 2. The van der Waals surface area contributed by atoms with Crippen molar-refractivity contribution in [3.8, 4) is 11.4 Å². The molecule has 28 heavy (non-hydrogen) atoms. The minimum absolute atomic E-state index is 0.00682. The summed E-state index contributed by atoms with van der Waals surface area (Å²) in [5.74, 6) is 0.663. The van der Waals surface area contributed by atoms with E-state index in [4.69, 9.17) is 0 Å². The van der Waals surface area contributed by atoms with E-state index in [0.29, 0.717) is 16.4 Å². The Morgan fingerprint density at radius 1 is 1.21 bits per heavy atom. The Morgan fingerprint density at radius 2 is 2.00 bits per heavy atom. The number of anilines is 1. The molecule has 0 spiro atoms. The van der Waals surface area contributed by atoms with Gasteiger partial charge in [0.05, 0.1) is 10.7 Å². The maximum Gasteiger partial charge on any atom is 0.269 e. The number of non-ortho nitro benzene ring substituents is 1. The summed E-state index contributed by atoms with van der Waals surface area (Å²) in [5, 5.41) is 22.6. The van der Waals surface area contributed by atoms with Gasteiger partial charge in [-0.2, -0.15) is 0 Å². The molecule has 8 nitrogen and oxygen atoms in total. The molecule has 0 atom stereocenters. The third kappa shape index (κ3) is 4.37. The molecule has 1 aromatic heterocycles. The molecule has 144 valence electrons. The Morgan fingerprint density at radius 3 is 2.68 bits per heavy atom. The molecule has 1 N–H and O–H groups in total. The highest BCUT2D eigenvalue weighted by Crippen LogP contribution is 2.24. The molecule has 0 radical (unpaired) electrons. The summed E-state index contributed by atoms with van der Waals surface area (Å²) >= 11 is 1.28. The first-order chi connectivity index (χ1) is 13.3. The summed E-state index contributed by atoms with van der Waals surface area (Å²) in [6.45, 7) is 3.73. The van der Waals surface area contributed by atoms with Crippen LogP contribution in [0, 0.1) is 24.0 Å². The van der Waals surface area contributed by atoms with Crippen LogP contribution >= 0.6 is 11.8 Å². The highest BCUT2D eigenvalue weighted by Gasteiger charge is 2.14. The topological polar surface area (TPSA) is 103 Å². The van der Waals surface area contributed by atoms with Crippen LogP contribution in [0.2, 0.25) is 0 Å². The van der Waals surface area contributed by atoms with E-state index >= 15 is 0 Å². The van der Waals surface area contributed by atoms with Crippen molar-refractivity contribution in [1.29, 1.82) is 0 Å². The lowest BCUT2D eigenvalue weighted by atomic mass is 10.1. The third-order valence-electron chi connectivity index (χ3n) is 4.14. The maximum atomic E-state index is 12.3. The maximum absolute atomic E-state index is 12.3. The van der Waals surface area contributed by atoms with Crippen LogP contribution in [0.1, 0.15) is 11.1 Å². The average molecular weight is 397 g/mol. The van der Waals surface area contributed by atoms with Crippen LogP contribution in [0.4, 0.5) is 11.4 Å². The monoisotopic (exact) mass is 397 g/mol. The molecule has 0 aliphatic rings. The summed E-state index contributed by atoms with van der Waals surface area (Å²) < 4.78 is 1.85. The molecule has 0 aliphatic heterocycles. The van der Waals surface area contributed by atoms with Crippen molar-refractivity contribution in [2.45, 2.75) is 19.0 Å². The Kier molecular flexibility index (Phi) is 5.74. The second kappa shape index (κ2) is 8.22. The molecule has 0 fully saturated rings. The predicted octanol–water partition coefficient (Wildman–Crippen LogP) is 3.74. The van der Waals surface area contributed by atoms with Crippen LogP contribution in [0.3, 0.4) is 0 Å². The highest BCUT2D eigenvalue weighted by molar-refractivity contribution is 7.99. The van der Waals surface area contributed by atoms with Crippen molar-refractivity contribution in [1.82, 2.24) is 14.8 Å². The summed E-state index contributed by atoms with van der Waals surface area (Å²) in [6, 6.07) is 12.3. The number of carbonyl (C=O) groups excluding carboxylic acids is 1. The molecule has 0 unspecified atom stereocenters. The van der Waals surface area contributed by atoms with E-state index in [9.17, 15) is 14.9 Å². The fourth-order valence-electron chi connectivity index (χ4n) is 2.69. The average Bonchev–Trinajstić information content (AvgIpc) is 3.02. The lowest BCUT2D eigenvalue weighted by Crippen LogP contribution is -2.15. The number of aromatic nitrogens is 3. The number of thioether (sulfide) groups is 1. The van der Waals surface area contributed by atoms with Crippen molar-refractivity contribution in [3.63, 3.8) is 0 Å². The van der Waals surface area contributed by atoms with E-state index in [1.165, 1.54) is 30.0 Å². The van der Waals surface area contributed by atoms with Gasteiger partial charge in [0.25, 0.3) is 5.69 Å². The van der Waals surface area contributed by atoms with E-state index in [2.05, 4.69) is 15.5 Å². The Hall–Kier alpha value is -3.20. The van der Waals surface area contributed by atoms with Crippen molar-refractivity contribution in [2.24, 2.45) is 7.05 Å². The fourth-order valence-corrected chi connectivity index (χ4v) is 3.41. The Labute approximate surface area is 166 Å². The predicted molar refractivity (Wildman–Crippen MR) is 108 cm³/mol. The highest BCUT2D eigenvalue weighted by atomic mass is 32.2. The normalized spacial score (nSPS) is 10.7. The number of amides is 1. The molecule has 2 aromatic carbocycles. The number of nitro groups is 1. The second-order valence-electron chi connectivity index (χ2n) is 6.33. The summed E-state index contributed by atoms with van der Waals surface area (Å²) in [4.78, 5) is 22.6. The van der Waals surface area contributed by atoms with E-state index in [-0.39, 0.29) is 17.3 Å². The molecule has 1 amide bonds. The lowest BCUT2D eigenvalue weighted by Gasteiger charge is -2.08. The second-order valence-corrected chi connectivity index (χ2v) is 7.27. The number of carbonyl (C=O) groups is 1. The zero-order valence-corrected chi connectivity index (χ0v) is 16.5. The molecule has 0 saturated carbocycles. The molecule has 9 heteroatoms. The first-order valence-corrected chi connectivity index (χ1v) is 9.48. The van der Waals surface area contributed by atoms with E-state index in [0.717, 1.165) is 17.0 Å². The van der Waals surface area contributed by atoms with Crippen LogP contribution in [0.5, 0.6) is 0 Å². The molecule has 3 rings (SSSR count). The minimum Gasteiger partial charge on any atom is -0.325 e. The van der Waals surface area contributed by atoms with Gasteiger partial charge in [-0.15, -0.1) is 10.2 Å².